The van der Waals surface area contributed by atoms with E-state index in [0.29, 0.717) is 13.0 Å². The predicted molar refractivity (Wildman–Crippen MR) is 57.8 cm³/mol. The van der Waals surface area contributed by atoms with Crippen LogP contribution in [0.5, 0.6) is 0 Å². The molecule has 0 aliphatic rings. The van der Waals surface area contributed by atoms with Gasteiger partial charge in [-0.2, -0.15) is 5.10 Å². The smallest absolute Gasteiger partial charge is 0.152 e. The van der Waals surface area contributed by atoms with Crippen molar-refractivity contribution in [1.29, 1.82) is 0 Å². The Morgan fingerprint density at radius 3 is 3.20 bits per heavy atom. The van der Waals surface area contributed by atoms with Gasteiger partial charge in [-0.1, -0.05) is 0 Å². The first-order chi connectivity index (χ1) is 7.27. The first kappa shape index (κ1) is 9.92. The summed E-state index contributed by atoms with van der Waals surface area (Å²) in [7, 11) is 0. The lowest BCUT2D eigenvalue weighted by Gasteiger charge is -2.07. The van der Waals surface area contributed by atoms with Crippen molar-refractivity contribution in [3.05, 3.63) is 24.7 Å². The molecule has 2 heterocycles. The Morgan fingerprint density at radius 2 is 2.40 bits per heavy atom. The summed E-state index contributed by atoms with van der Waals surface area (Å²) in [4.78, 5) is 4.22. The molecule has 0 spiro atoms. The van der Waals surface area contributed by atoms with Crippen LogP contribution in [0.25, 0.3) is 5.52 Å². The highest BCUT2D eigenvalue weighted by atomic mass is 16.3. The van der Waals surface area contributed by atoms with Crippen LogP contribution in [-0.4, -0.2) is 32.4 Å². The SMILES string of the molecule is CC(O)CCNc1nccn2nccc12. The van der Waals surface area contributed by atoms with Gasteiger partial charge < -0.3 is 10.4 Å². The van der Waals surface area contributed by atoms with Crippen LogP contribution in [0, 0.1) is 0 Å². The van der Waals surface area contributed by atoms with Crippen molar-refractivity contribution in [2.45, 2.75) is 19.4 Å². The Kier molecular flexibility index (Phi) is 2.82. The summed E-state index contributed by atoms with van der Waals surface area (Å²) in [6, 6.07) is 1.90. The number of nitrogens with zero attached hydrogens (tertiary/aromatic N) is 3. The number of fused-ring (bicyclic) bond motifs is 1. The number of aliphatic hydroxyl groups excluding tert-OH is 1. The topological polar surface area (TPSA) is 62.5 Å². The number of rotatable bonds is 4. The highest BCUT2D eigenvalue weighted by molar-refractivity contribution is 5.66. The van der Waals surface area contributed by atoms with Crippen LogP contribution in [-0.2, 0) is 0 Å². The van der Waals surface area contributed by atoms with Crippen molar-refractivity contribution < 1.29 is 5.11 Å². The van der Waals surface area contributed by atoms with Gasteiger partial charge in [0.15, 0.2) is 5.82 Å². The van der Waals surface area contributed by atoms with E-state index in [2.05, 4.69) is 15.4 Å². The largest absolute Gasteiger partial charge is 0.393 e. The number of nitrogens with one attached hydrogen (secondary N) is 1. The summed E-state index contributed by atoms with van der Waals surface area (Å²) < 4.78 is 1.76. The fraction of sp³-hybridized carbons (Fsp3) is 0.400. The van der Waals surface area contributed by atoms with E-state index in [4.69, 9.17) is 5.11 Å². The minimum Gasteiger partial charge on any atom is -0.393 e. The van der Waals surface area contributed by atoms with Gasteiger partial charge in [-0.05, 0) is 19.4 Å². The van der Waals surface area contributed by atoms with Crippen LogP contribution in [0.4, 0.5) is 5.82 Å². The number of aliphatic hydroxyl groups is 1. The van der Waals surface area contributed by atoms with Gasteiger partial charge >= 0.3 is 0 Å². The molecule has 2 rings (SSSR count). The van der Waals surface area contributed by atoms with Crippen LogP contribution in [0.3, 0.4) is 0 Å². The van der Waals surface area contributed by atoms with Gasteiger partial charge in [-0.15, -0.1) is 0 Å². The molecule has 1 unspecified atom stereocenters. The Labute approximate surface area is 87.8 Å². The van der Waals surface area contributed by atoms with Crippen molar-refractivity contribution in [2.24, 2.45) is 0 Å². The van der Waals surface area contributed by atoms with Gasteiger partial charge in [-0.3, -0.25) is 0 Å². The van der Waals surface area contributed by atoms with E-state index in [9.17, 15) is 0 Å². The Bertz CT molecular complexity index is 438. The normalized spacial score (nSPS) is 12.9. The van der Waals surface area contributed by atoms with E-state index < -0.39 is 0 Å². The summed E-state index contributed by atoms with van der Waals surface area (Å²) in [6.07, 6.45) is 5.65. The lowest BCUT2D eigenvalue weighted by molar-refractivity contribution is 0.188. The summed E-state index contributed by atoms with van der Waals surface area (Å²) in [5.41, 5.74) is 0.947. The molecule has 0 bridgehead atoms. The maximum atomic E-state index is 9.13. The summed E-state index contributed by atoms with van der Waals surface area (Å²) in [6.45, 7) is 2.48. The summed E-state index contributed by atoms with van der Waals surface area (Å²) in [5.74, 6) is 0.802. The zero-order valence-electron chi connectivity index (χ0n) is 8.59. The second-order valence-electron chi connectivity index (χ2n) is 3.50. The van der Waals surface area contributed by atoms with Crippen LogP contribution >= 0.6 is 0 Å². The molecule has 0 aromatic carbocycles. The first-order valence-electron chi connectivity index (χ1n) is 4.97. The van der Waals surface area contributed by atoms with Gasteiger partial charge in [0.25, 0.3) is 0 Å². The Hall–Kier alpha value is -1.62. The van der Waals surface area contributed by atoms with Crippen LogP contribution in [0.2, 0.25) is 0 Å². The fourth-order valence-electron chi connectivity index (χ4n) is 1.39. The summed E-state index contributed by atoms with van der Waals surface area (Å²) >= 11 is 0. The molecule has 0 aliphatic carbocycles. The van der Waals surface area contributed by atoms with E-state index in [1.807, 2.05) is 6.07 Å². The molecule has 0 radical (unpaired) electrons. The maximum absolute atomic E-state index is 9.13. The van der Waals surface area contributed by atoms with Crippen molar-refractivity contribution in [1.82, 2.24) is 14.6 Å². The van der Waals surface area contributed by atoms with Crippen LogP contribution in [0.15, 0.2) is 24.7 Å². The molecule has 2 aromatic rings. The van der Waals surface area contributed by atoms with E-state index in [0.717, 1.165) is 11.3 Å². The molecule has 0 amide bonds. The van der Waals surface area contributed by atoms with Gasteiger partial charge in [0.05, 0.1) is 12.3 Å². The standard InChI is InChI=1S/C10H14N4O/c1-8(15)2-4-11-10-9-3-5-13-14(9)7-6-12-10/h3,5-8,15H,2,4H2,1H3,(H,11,12). The molecular weight excluding hydrogens is 192 g/mol. The molecule has 80 valence electrons. The number of aromatic nitrogens is 3. The maximum Gasteiger partial charge on any atom is 0.152 e. The fourth-order valence-corrected chi connectivity index (χ4v) is 1.39. The molecule has 5 heteroatoms. The van der Waals surface area contributed by atoms with Crippen molar-refractivity contribution in [3.8, 4) is 0 Å². The van der Waals surface area contributed by atoms with Crippen molar-refractivity contribution in [3.63, 3.8) is 0 Å². The monoisotopic (exact) mass is 206 g/mol. The second kappa shape index (κ2) is 4.27. The zero-order valence-corrected chi connectivity index (χ0v) is 8.59. The van der Waals surface area contributed by atoms with Crippen molar-refractivity contribution >= 4 is 11.3 Å². The molecule has 0 fully saturated rings. The van der Waals surface area contributed by atoms with Crippen LogP contribution in [0.1, 0.15) is 13.3 Å². The minimum absolute atomic E-state index is 0.290. The van der Waals surface area contributed by atoms with E-state index in [1.165, 1.54) is 0 Å². The van der Waals surface area contributed by atoms with E-state index in [-0.39, 0.29) is 6.10 Å². The average Bonchev–Trinajstić information content (AvgIpc) is 2.65. The molecular formula is C10H14N4O. The van der Waals surface area contributed by atoms with Gasteiger partial charge in [0, 0.05) is 18.9 Å². The van der Waals surface area contributed by atoms with Crippen molar-refractivity contribution in [2.75, 3.05) is 11.9 Å². The molecule has 0 saturated heterocycles. The zero-order chi connectivity index (χ0) is 10.7. The second-order valence-corrected chi connectivity index (χ2v) is 3.50. The molecule has 2 N–H and O–H groups in total. The molecule has 0 aliphatic heterocycles. The third kappa shape index (κ3) is 2.24. The predicted octanol–water partition coefficient (Wildman–Crippen LogP) is 0.912. The quantitative estimate of drug-likeness (QED) is 0.780. The third-order valence-corrected chi connectivity index (χ3v) is 2.18. The lowest BCUT2D eigenvalue weighted by Crippen LogP contribution is -2.11. The average molecular weight is 206 g/mol. The molecule has 15 heavy (non-hydrogen) atoms. The molecule has 5 nitrogen and oxygen atoms in total. The molecule has 1 atom stereocenters. The Balaban J connectivity index is 2.10. The number of hydrogen-bond acceptors (Lipinski definition) is 4. The minimum atomic E-state index is -0.290. The Morgan fingerprint density at radius 1 is 1.53 bits per heavy atom. The lowest BCUT2D eigenvalue weighted by atomic mass is 10.3. The van der Waals surface area contributed by atoms with E-state index in [1.54, 1.807) is 30.0 Å². The summed E-state index contributed by atoms with van der Waals surface area (Å²) in [5, 5.41) is 16.4. The van der Waals surface area contributed by atoms with Crippen LogP contribution < -0.4 is 5.32 Å². The molecule has 2 aromatic heterocycles. The highest BCUT2D eigenvalue weighted by Gasteiger charge is 2.02. The van der Waals surface area contributed by atoms with Gasteiger partial charge in [0.2, 0.25) is 0 Å². The number of anilines is 1. The number of hydrogen-bond donors (Lipinski definition) is 2. The van der Waals surface area contributed by atoms with Gasteiger partial charge in [0.1, 0.15) is 5.52 Å². The molecule has 0 saturated carbocycles. The third-order valence-electron chi connectivity index (χ3n) is 2.18. The van der Waals surface area contributed by atoms with Gasteiger partial charge in [-0.25, -0.2) is 9.50 Å². The van der Waals surface area contributed by atoms with E-state index >= 15 is 0 Å². The first-order valence-corrected chi connectivity index (χ1v) is 4.97. The highest BCUT2D eigenvalue weighted by Crippen LogP contribution is 2.11.